The lowest BCUT2D eigenvalue weighted by Crippen LogP contribution is -2.59. The molecular weight excluding hydrogens is 489 g/mol. The van der Waals surface area contributed by atoms with Gasteiger partial charge in [-0.2, -0.15) is 0 Å². The van der Waals surface area contributed by atoms with Crippen LogP contribution in [0.15, 0.2) is 114 Å². The molecule has 37 heavy (non-hydrogen) atoms. The Morgan fingerprint density at radius 1 is 0.703 bits per heavy atom. The van der Waals surface area contributed by atoms with Gasteiger partial charge in [0, 0.05) is 11.3 Å². The molecule has 0 aliphatic carbocycles. The third kappa shape index (κ3) is 7.23. The van der Waals surface area contributed by atoms with E-state index in [1.165, 1.54) is 28.5 Å². The van der Waals surface area contributed by atoms with Crippen LogP contribution in [0.2, 0.25) is 0 Å². The smallest absolute Gasteiger partial charge is 0.172 e. The topological polar surface area (TPSA) is 40.5 Å². The summed E-state index contributed by atoms with van der Waals surface area (Å²) in [5.74, 6) is 0. The van der Waals surface area contributed by atoms with Crippen molar-refractivity contribution >= 4 is 30.9 Å². The molecule has 0 heterocycles. The minimum atomic E-state index is -1.69. The molecule has 2 nitrogen and oxygen atoms in total. The summed E-state index contributed by atoms with van der Waals surface area (Å²) in [5.41, 5.74) is 3.85. The van der Waals surface area contributed by atoms with Crippen molar-refractivity contribution in [1.29, 1.82) is 0 Å². The predicted octanol–water partition coefficient (Wildman–Crippen LogP) is 5.97. The van der Waals surface area contributed by atoms with Gasteiger partial charge in [0.05, 0.1) is 6.10 Å². The van der Waals surface area contributed by atoms with Gasteiger partial charge < -0.3 is 10.2 Å². The van der Waals surface area contributed by atoms with Gasteiger partial charge in [-0.15, -0.1) is 0 Å². The van der Waals surface area contributed by atoms with Crippen molar-refractivity contribution in [2.45, 2.75) is 61.5 Å². The van der Waals surface area contributed by atoms with Crippen LogP contribution in [0.4, 0.5) is 0 Å². The summed E-state index contributed by atoms with van der Waals surface area (Å²) in [7, 11) is -1.69. The largest absolute Gasteiger partial charge is 0.393 e. The van der Waals surface area contributed by atoms with Crippen LogP contribution in [0.3, 0.4) is 0 Å². The van der Waals surface area contributed by atoms with Crippen LogP contribution in [0.5, 0.6) is 0 Å². The average Bonchev–Trinajstić information content (AvgIpc) is 2.86. The average molecular weight is 526 g/mol. The van der Waals surface area contributed by atoms with Gasteiger partial charge in [-0.25, -0.2) is 0 Å². The highest BCUT2D eigenvalue weighted by atomic mass is 32.2. The van der Waals surface area contributed by atoms with Gasteiger partial charge in [0.25, 0.3) is 0 Å². The summed E-state index contributed by atoms with van der Waals surface area (Å²) < 4.78 is -1.15. The lowest BCUT2D eigenvalue weighted by atomic mass is 9.87. The normalized spacial score (nSPS) is 14.4. The summed E-state index contributed by atoms with van der Waals surface area (Å²) in [6, 6.07) is 38.0. The summed E-state index contributed by atoms with van der Waals surface area (Å²) in [5, 5.41) is 25.2. The Morgan fingerprint density at radius 2 is 1.22 bits per heavy atom. The first-order chi connectivity index (χ1) is 17.6. The predicted molar refractivity (Wildman–Crippen MR) is 159 cm³/mol. The summed E-state index contributed by atoms with van der Waals surface area (Å²) in [6.45, 7) is 8.41. The molecule has 191 valence electrons. The van der Waals surface area contributed by atoms with E-state index in [2.05, 4.69) is 106 Å². The second-order valence-corrected chi connectivity index (χ2v) is 15.3. The van der Waals surface area contributed by atoms with E-state index < -0.39 is 19.5 Å². The maximum absolute atomic E-state index is 12.4. The Balaban J connectivity index is 1.69. The monoisotopic (exact) mass is 525 g/mol. The molecule has 4 aromatic carbocycles. The molecular formula is C33H37O2SSi. The lowest BCUT2D eigenvalue weighted by Gasteiger charge is -2.36. The van der Waals surface area contributed by atoms with Gasteiger partial charge in [-0.1, -0.05) is 140 Å². The molecule has 2 unspecified atom stereocenters. The number of benzene rings is 4. The molecule has 0 bridgehead atoms. The molecule has 0 saturated heterocycles. The number of hydrogen-bond donors (Lipinski definition) is 2. The molecule has 1 radical (unpaired) electrons. The number of rotatable bonds is 9. The molecule has 4 rings (SSSR count). The van der Waals surface area contributed by atoms with Crippen molar-refractivity contribution in [3.05, 3.63) is 126 Å². The van der Waals surface area contributed by atoms with E-state index in [1.54, 1.807) is 6.92 Å². The zero-order valence-corrected chi connectivity index (χ0v) is 24.0. The minimum absolute atomic E-state index is 0.0599. The van der Waals surface area contributed by atoms with Crippen molar-refractivity contribution in [3.63, 3.8) is 0 Å². The zero-order chi connectivity index (χ0) is 26.5. The molecule has 2 atom stereocenters. The number of thioether (sulfide) groups is 1. The first kappa shape index (κ1) is 27.4. The molecule has 4 heteroatoms. The van der Waals surface area contributed by atoms with E-state index in [4.69, 9.17) is 0 Å². The van der Waals surface area contributed by atoms with E-state index in [0.717, 1.165) is 21.7 Å². The van der Waals surface area contributed by atoms with E-state index in [9.17, 15) is 10.2 Å². The second-order valence-electron chi connectivity index (χ2n) is 10.8. The van der Waals surface area contributed by atoms with E-state index in [0.29, 0.717) is 0 Å². The van der Waals surface area contributed by atoms with Crippen LogP contribution in [0.1, 0.15) is 50.8 Å². The molecule has 0 spiro atoms. The van der Waals surface area contributed by atoms with Crippen LogP contribution in [-0.2, 0) is 11.8 Å². The highest BCUT2D eigenvalue weighted by Gasteiger charge is 2.43. The van der Waals surface area contributed by atoms with Crippen molar-refractivity contribution < 1.29 is 10.2 Å². The zero-order valence-electron chi connectivity index (χ0n) is 22.2. The Bertz CT molecular complexity index is 1250. The molecule has 0 amide bonds. The van der Waals surface area contributed by atoms with E-state index >= 15 is 0 Å². The van der Waals surface area contributed by atoms with E-state index in [-0.39, 0.29) is 11.8 Å². The van der Waals surface area contributed by atoms with Gasteiger partial charge in [0.15, 0.2) is 8.80 Å². The summed E-state index contributed by atoms with van der Waals surface area (Å²) in [6.07, 6.45) is 0.531. The quantitative estimate of drug-likeness (QED) is 0.161. The second kappa shape index (κ2) is 11.8. The third-order valence-corrected chi connectivity index (χ3v) is 11.3. The Morgan fingerprint density at radius 3 is 1.76 bits per heavy atom. The van der Waals surface area contributed by atoms with Crippen LogP contribution in [0, 0.1) is 0 Å². The standard InChI is InChI=1S/C33H37O2SSi/c1-25(34)24-33(35,36-29-19-15-27(16-20-29)23-26-11-7-5-8-12-26)37(30-13-9-6-10-14-30)31-21-17-28(18-22-31)32(2,3)4/h5-22,25,34-35H,23-24H2,1-4H3. The molecule has 4 aromatic rings. The fourth-order valence-corrected chi connectivity index (χ4v) is 9.87. The Hall–Kier alpha value is -2.63. The van der Waals surface area contributed by atoms with Crippen molar-refractivity contribution in [1.82, 2.24) is 0 Å². The molecule has 2 N–H and O–H groups in total. The number of aliphatic hydroxyl groups excluding tert-OH is 1. The maximum Gasteiger partial charge on any atom is 0.172 e. The fourth-order valence-electron chi connectivity index (χ4n) is 4.66. The minimum Gasteiger partial charge on any atom is -0.393 e. The number of hydrogen-bond acceptors (Lipinski definition) is 3. The first-order valence-electron chi connectivity index (χ1n) is 12.9. The van der Waals surface area contributed by atoms with Crippen molar-refractivity contribution in [2.24, 2.45) is 0 Å². The first-order valence-corrected chi connectivity index (χ1v) is 15.2. The van der Waals surface area contributed by atoms with Crippen molar-refractivity contribution in [2.75, 3.05) is 0 Å². The molecule has 0 aliphatic heterocycles. The fraction of sp³-hybridized carbons (Fsp3) is 0.273. The van der Waals surface area contributed by atoms with Gasteiger partial charge in [0.2, 0.25) is 0 Å². The van der Waals surface area contributed by atoms with Gasteiger partial charge in [-0.05, 0) is 47.6 Å². The SMILES string of the molecule is CC(O)CC(O)(Sc1ccc(Cc2ccccc2)cc1)[Si](c1ccccc1)c1ccc(C(C)(C)C)cc1. The van der Waals surface area contributed by atoms with Crippen LogP contribution in [0.25, 0.3) is 0 Å². The van der Waals surface area contributed by atoms with Crippen LogP contribution < -0.4 is 10.4 Å². The highest BCUT2D eigenvalue weighted by molar-refractivity contribution is 8.02. The van der Waals surface area contributed by atoms with Crippen LogP contribution >= 0.6 is 11.8 Å². The molecule has 0 aliphatic rings. The molecule has 0 saturated carbocycles. The summed E-state index contributed by atoms with van der Waals surface area (Å²) >= 11 is 1.48. The van der Waals surface area contributed by atoms with Crippen molar-refractivity contribution in [3.8, 4) is 0 Å². The summed E-state index contributed by atoms with van der Waals surface area (Å²) in [4.78, 5) is 1.00. The van der Waals surface area contributed by atoms with Gasteiger partial charge >= 0.3 is 0 Å². The molecule has 0 aromatic heterocycles. The highest BCUT2D eigenvalue weighted by Crippen LogP contribution is 2.37. The van der Waals surface area contributed by atoms with E-state index in [1.807, 2.05) is 24.3 Å². The Kier molecular flexibility index (Phi) is 8.76. The number of aliphatic hydroxyl groups is 2. The van der Waals surface area contributed by atoms with Gasteiger partial charge in [0.1, 0.15) is 4.56 Å². The Labute approximate surface area is 228 Å². The molecule has 0 fully saturated rings. The lowest BCUT2D eigenvalue weighted by molar-refractivity contribution is 0.112. The van der Waals surface area contributed by atoms with Crippen LogP contribution in [-0.4, -0.2) is 29.7 Å². The third-order valence-electron chi connectivity index (χ3n) is 6.53. The van der Waals surface area contributed by atoms with Gasteiger partial charge in [-0.3, -0.25) is 0 Å². The maximum atomic E-state index is 12.4.